The predicted octanol–water partition coefficient (Wildman–Crippen LogP) is 2.16. The topological polar surface area (TPSA) is 29.1 Å². The van der Waals surface area contributed by atoms with Crippen LogP contribution >= 0.6 is 15.9 Å². The van der Waals surface area contributed by atoms with Crippen molar-refractivity contribution in [3.05, 3.63) is 28.5 Å². The minimum Gasteiger partial charge on any atom is -0.328 e. The number of carbonyl (C=O) groups excluding carboxylic acids is 1. The summed E-state index contributed by atoms with van der Waals surface area (Å²) in [4.78, 5) is 9.98. The number of benzene rings is 1. The van der Waals surface area contributed by atoms with E-state index in [1.807, 2.05) is 0 Å². The van der Waals surface area contributed by atoms with Crippen molar-refractivity contribution in [3.63, 3.8) is 0 Å². The molecule has 1 amide bonds. The molecule has 1 aromatic carbocycles. The van der Waals surface area contributed by atoms with Crippen molar-refractivity contribution in [2.75, 3.05) is 5.32 Å². The van der Waals surface area contributed by atoms with Gasteiger partial charge in [-0.2, -0.15) is 0 Å². The fourth-order valence-corrected chi connectivity index (χ4v) is 1.03. The van der Waals surface area contributed by atoms with Crippen molar-refractivity contribution in [3.8, 4) is 0 Å². The highest BCUT2D eigenvalue weighted by molar-refractivity contribution is 9.10. The fraction of sp³-hybridized carbons (Fsp3) is 0. The van der Waals surface area contributed by atoms with Gasteiger partial charge < -0.3 is 5.32 Å². The van der Waals surface area contributed by atoms with Gasteiger partial charge in [-0.05, 0) is 34.1 Å². The molecule has 0 aliphatic heterocycles. The van der Waals surface area contributed by atoms with Crippen LogP contribution in [0.25, 0.3) is 0 Å². The van der Waals surface area contributed by atoms with Gasteiger partial charge in [0, 0.05) is 4.47 Å². The Balaban J connectivity index is 3.01. The summed E-state index contributed by atoms with van der Waals surface area (Å²) in [7, 11) is 0. The number of hydrogen-bond acceptors (Lipinski definition) is 1. The third kappa shape index (κ3) is 2.01. The molecule has 0 unspecified atom stereocenters. The summed E-state index contributed by atoms with van der Waals surface area (Å²) in [5.41, 5.74) is 0.431. The minimum absolute atomic E-state index is 0.377. The van der Waals surface area contributed by atoms with E-state index in [-0.39, 0.29) is 5.82 Å². The first kappa shape index (κ1) is 8.20. The summed E-state index contributed by atoms with van der Waals surface area (Å²) in [5.74, 6) is -0.377. The Bertz CT molecular complexity index is 277. The summed E-state index contributed by atoms with van der Waals surface area (Å²) in [5, 5.41) is 2.35. The fourth-order valence-electron chi connectivity index (χ4n) is 0.672. The maximum absolute atomic E-state index is 12.5. The molecule has 2 nitrogen and oxygen atoms in total. The Morgan fingerprint density at radius 1 is 1.55 bits per heavy atom. The standard InChI is InChI=1S/C7H5BrFNO/c8-6-2-1-5(9)3-7(6)10-4-11/h1-4H,(H,10,11). The quantitative estimate of drug-likeness (QED) is 0.757. The molecule has 0 aliphatic rings. The molecule has 0 radical (unpaired) electrons. The van der Waals surface area contributed by atoms with E-state index < -0.39 is 0 Å². The number of amides is 1. The normalized spacial score (nSPS) is 9.27. The molecule has 1 rings (SSSR count). The van der Waals surface area contributed by atoms with Gasteiger partial charge in [0.05, 0.1) is 5.69 Å². The zero-order chi connectivity index (χ0) is 8.27. The van der Waals surface area contributed by atoms with E-state index in [1.54, 1.807) is 0 Å². The molecule has 0 saturated heterocycles. The first-order valence-corrected chi connectivity index (χ1v) is 3.68. The molecule has 0 bridgehead atoms. The van der Waals surface area contributed by atoms with Crippen molar-refractivity contribution >= 4 is 28.0 Å². The number of anilines is 1. The van der Waals surface area contributed by atoms with Gasteiger partial charge in [0.25, 0.3) is 0 Å². The second-order valence-electron chi connectivity index (χ2n) is 1.89. The van der Waals surface area contributed by atoms with Crippen LogP contribution in [0, 0.1) is 5.82 Å². The first-order chi connectivity index (χ1) is 5.24. The molecular formula is C7H5BrFNO. The molecule has 11 heavy (non-hydrogen) atoms. The highest BCUT2D eigenvalue weighted by Crippen LogP contribution is 2.21. The van der Waals surface area contributed by atoms with Crippen LogP contribution in [0.1, 0.15) is 0 Å². The maximum atomic E-state index is 12.5. The van der Waals surface area contributed by atoms with E-state index in [4.69, 9.17) is 0 Å². The van der Waals surface area contributed by atoms with Gasteiger partial charge in [0.2, 0.25) is 6.41 Å². The molecule has 58 valence electrons. The number of hydrogen-bond donors (Lipinski definition) is 1. The molecule has 4 heteroatoms. The van der Waals surface area contributed by atoms with Gasteiger partial charge in [-0.3, -0.25) is 4.79 Å². The number of rotatable bonds is 2. The van der Waals surface area contributed by atoms with Crippen molar-refractivity contribution < 1.29 is 9.18 Å². The molecule has 0 aliphatic carbocycles. The largest absolute Gasteiger partial charge is 0.328 e. The molecule has 0 aromatic heterocycles. The molecule has 0 atom stereocenters. The lowest BCUT2D eigenvalue weighted by Gasteiger charge is -2.00. The van der Waals surface area contributed by atoms with Crippen LogP contribution in [0.2, 0.25) is 0 Å². The van der Waals surface area contributed by atoms with Crippen LogP contribution in [0.5, 0.6) is 0 Å². The van der Waals surface area contributed by atoms with Crippen LogP contribution in [-0.4, -0.2) is 6.41 Å². The predicted molar refractivity (Wildman–Crippen MR) is 43.8 cm³/mol. The van der Waals surface area contributed by atoms with Crippen LogP contribution in [0.3, 0.4) is 0 Å². The highest BCUT2D eigenvalue weighted by atomic mass is 79.9. The monoisotopic (exact) mass is 217 g/mol. The third-order valence-corrected chi connectivity index (χ3v) is 1.83. The lowest BCUT2D eigenvalue weighted by atomic mass is 10.3. The van der Waals surface area contributed by atoms with Crippen LogP contribution < -0.4 is 5.32 Å². The van der Waals surface area contributed by atoms with E-state index in [0.29, 0.717) is 16.6 Å². The zero-order valence-corrected chi connectivity index (χ0v) is 7.06. The maximum Gasteiger partial charge on any atom is 0.211 e. The highest BCUT2D eigenvalue weighted by Gasteiger charge is 1.98. The lowest BCUT2D eigenvalue weighted by Crippen LogP contribution is -1.94. The Hall–Kier alpha value is -0.900. The van der Waals surface area contributed by atoms with E-state index >= 15 is 0 Å². The van der Waals surface area contributed by atoms with Gasteiger partial charge in [0.1, 0.15) is 5.82 Å². The summed E-state index contributed by atoms with van der Waals surface area (Å²) in [6.07, 6.45) is 0.500. The molecule has 0 heterocycles. The summed E-state index contributed by atoms with van der Waals surface area (Å²) >= 11 is 3.14. The SMILES string of the molecule is O=CNc1cc(F)ccc1Br. The minimum atomic E-state index is -0.377. The Morgan fingerprint density at radius 3 is 2.91 bits per heavy atom. The third-order valence-electron chi connectivity index (χ3n) is 1.14. The molecule has 1 aromatic rings. The van der Waals surface area contributed by atoms with Gasteiger partial charge in [-0.1, -0.05) is 0 Å². The average molecular weight is 218 g/mol. The van der Waals surface area contributed by atoms with Gasteiger partial charge >= 0.3 is 0 Å². The van der Waals surface area contributed by atoms with Gasteiger partial charge in [0.15, 0.2) is 0 Å². The van der Waals surface area contributed by atoms with Gasteiger partial charge in [-0.25, -0.2) is 4.39 Å². The summed E-state index contributed by atoms with van der Waals surface area (Å²) in [6.45, 7) is 0. The molecule has 0 spiro atoms. The van der Waals surface area contributed by atoms with Crippen molar-refractivity contribution in [2.24, 2.45) is 0 Å². The van der Waals surface area contributed by atoms with Crippen LogP contribution in [0.4, 0.5) is 10.1 Å². The van der Waals surface area contributed by atoms with Crippen LogP contribution in [-0.2, 0) is 4.79 Å². The molecule has 0 fully saturated rings. The number of carbonyl (C=O) groups is 1. The Kier molecular flexibility index (Phi) is 2.59. The van der Waals surface area contributed by atoms with E-state index in [9.17, 15) is 9.18 Å². The van der Waals surface area contributed by atoms with E-state index in [2.05, 4.69) is 21.2 Å². The molecule has 1 N–H and O–H groups in total. The Labute approximate surface area is 71.5 Å². The zero-order valence-electron chi connectivity index (χ0n) is 5.47. The van der Waals surface area contributed by atoms with Crippen molar-refractivity contribution in [2.45, 2.75) is 0 Å². The van der Waals surface area contributed by atoms with Gasteiger partial charge in [-0.15, -0.1) is 0 Å². The Morgan fingerprint density at radius 2 is 2.27 bits per heavy atom. The van der Waals surface area contributed by atoms with E-state index in [1.165, 1.54) is 18.2 Å². The number of halogens is 2. The lowest BCUT2D eigenvalue weighted by molar-refractivity contribution is -0.105. The number of nitrogens with one attached hydrogen (secondary N) is 1. The smallest absolute Gasteiger partial charge is 0.211 e. The summed E-state index contributed by atoms with van der Waals surface area (Å²) in [6, 6.07) is 4.07. The summed E-state index contributed by atoms with van der Waals surface area (Å²) < 4.78 is 13.2. The first-order valence-electron chi connectivity index (χ1n) is 2.89. The second-order valence-corrected chi connectivity index (χ2v) is 2.74. The van der Waals surface area contributed by atoms with Crippen LogP contribution in [0.15, 0.2) is 22.7 Å². The van der Waals surface area contributed by atoms with Crippen molar-refractivity contribution in [1.29, 1.82) is 0 Å². The van der Waals surface area contributed by atoms with Crippen molar-refractivity contribution in [1.82, 2.24) is 0 Å². The second kappa shape index (κ2) is 3.48. The van der Waals surface area contributed by atoms with E-state index in [0.717, 1.165) is 0 Å². The molecule has 0 saturated carbocycles. The average Bonchev–Trinajstić information content (AvgIpc) is 1.98. The molecular weight excluding hydrogens is 213 g/mol.